The van der Waals surface area contributed by atoms with E-state index in [-0.39, 0.29) is 24.1 Å². The van der Waals surface area contributed by atoms with Crippen molar-refractivity contribution in [3.63, 3.8) is 0 Å². The molecular weight excluding hydrogens is 442 g/mol. The molecular formula is C28H33N3O4. The predicted octanol–water partition coefficient (Wildman–Crippen LogP) is 5.54. The van der Waals surface area contributed by atoms with Crippen molar-refractivity contribution in [2.24, 2.45) is 5.92 Å². The summed E-state index contributed by atoms with van der Waals surface area (Å²) < 4.78 is 7.39. The molecule has 0 unspecified atom stereocenters. The summed E-state index contributed by atoms with van der Waals surface area (Å²) in [5.41, 5.74) is 5.18. The summed E-state index contributed by atoms with van der Waals surface area (Å²) in [7, 11) is 1.42. The molecule has 1 N–H and O–H groups in total. The number of aliphatic carboxylic acids is 1. The predicted molar refractivity (Wildman–Crippen MR) is 135 cm³/mol. The standard InChI is InChI=1S/C28H33N3O4/c1-18-11-13-22-23(30(18)28(34)35-2)14-15-24-26(22)29-25(16-12-19-7-4-3-5-8-19)31(24)21-10-6-9-20(17-21)27(32)33/h3-5,7-8,14-15,18,20-21H,6,9-13,16-17H2,1-2H3,(H,32,33)/t18-,20-,21+/m0/s1. The fourth-order valence-electron chi connectivity index (χ4n) is 5.93. The first-order chi connectivity index (χ1) is 17.0. The maximum absolute atomic E-state index is 12.6. The van der Waals surface area contributed by atoms with E-state index in [4.69, 9.17) is 9.72 Å². The number of nitrogens with zero attached hydrogens (tertiary/aromatic N) is 3. The number of rotatable bonds is 5. The van der Waals surface area contributed by atoms with Gasteiger partial charge in [0.05, 0.1) is 29.7 Å². The second kappa shape index (κ2) is 9.72. The zero-order valence-electron chi connectivity index (χ0n) is 20.4. The Morgan fingerprint density at radius 2 is 1.89 bits per heavy atom. The van der Waals surface area contributed by atoms with Crippen molar-refractivity contribution < 1.29 is 19.4 Å². The van der Waals surface area contributed by atoms with Gasteiger partial charge in [-0.15, -0.1) is 0 Å². The number of carboxylic acids is 1. The number of ether oxygens (including phenoxy) is 1. The van der Waals surface area contributed by atoms with Gasteiger partial charge in [-0.3, -0.25) is 9.69 Å². The van der Waals surface area contributed by atoms with Gasteiger partial charge in [-0.1, -0.05) is 36.8 Å². The number of anilines is 1. The van der Waals surface area contributed by atoms with Gasteiger partial charge >= 0.3 is 12.1 Å². The van der Waals surface area contributed by atoms with Gasteiger partial charge in [0.1, 0.15) is 5.82 Å². The normalized spacial score (nSPS) is 22.1. The molecule has 3 atom stereocenters. The first kappa shape index (κ1) is 23.4. The van der Waals surface area contributed by atoms with Crippen molar-refractivity contribution in [3.05, 3.63) is 59.4 Å². The lowest BCUT2D eigenvalue weighted by molar-refractivity contribution is -0.143. The smallest absolute Gasteiger partial charge is 0.414 e. The van der Waals surface area contributed by atoms with E-state index in [2.05, 4.69) is 34.9 Å². The topological polar surface area (TPSA) is 84.7 Å². The van der Waals surface area contributed by atoms with E-state index in [0.29, 0.717) is 6.42 Å². The minimum Gasteiger partial charge on any atom is -0.481 e. The van der Waals surface area contributed by atoms with Crippen LogP contribution in [0.3, 0.4) is 0 Å². The minimum atomic E-state index is -0.704. The van der Waals surface area contributed by atoms with E-state index in [1.165, 1.54) is 12.7 Å². The quantitative estimate of drug-likeness (QED) is 0.523. The number of carboxylic acid groups (broad SMARTS) is 1. The molecule has 2 heterocycles. The molecule has 5 rings (SSSR count). The van der Waals surface area contributed by atoms with Crippen LogP contribution in [-0.2, 0) is 28.8 Å². The fraction of sp³-hybridized carbons (Fsp3) is 0.464. The molecule has 184 valence electrons. The lowest BCUT2D eigenvalue weighted by Crippen LogP contribution is -2.42. The fourth-order valence-corrected chi connectivity index (χ4v) is 5.93. The maximum Gasteiger partial charge on any atom is 0.414 e. The number of methoxy groups -OCH3 is 1. The zero-order chi connectivity index (χ0) is 24.5. The van der Waals surface area contributed by atoms with Crippen LogP contribution in [0.1, 0.15) is 62.0 Å². The Labute approximate surface area is 205 Å². The number of imidazole rings is 1. The molecule has 2 aromatic carbocycles. The van der Waals surface area contributed by atoms with E-state index in [0.717, 1.165) is 73.1 Å². The molecule has 35 heavy (non-hydrogen) atoms. The second-order valence-electron chi connectivity index (χ2n) is 9.90. The highest BCUT2D eigenvalue weighted by Crippen LogP contribution is 2.40. The number of benzene rings is 2. The number of aromatic nitrogens is 2. The number of fused-ring (bicyclic) bond motifs is 3. The van der Waals surface area contributed by atoms with Crippen molar-refractivity contribution in [2.75, 3.05) is 12.0 Å². The van der Waals surface area contributed by atoms with E-state index in [1.807, 2.05) is 19.1 Å². The highest BCUT2D eigenvalue weighted by Gasteiger charge is 2.34. The molecule has 0 bridgehead atoms. The van der Waals surface area contributed by atoms with Crippen LogP contribution < -0.4 is 4.90 Å². The van der Waals surface area contributed by atoms with Gasteiger partial charge in [-0.25, -0.2) is 9.78 Å². The number of hydrogen-bond acceptors (Lipinski definition) is 4. The minimum absolute atomic E-state index is 0.0571. The van der Waals surface area contributed by atoms with Crippen molar-refractivity contribution in [1.82, 2.24) is 9.55 Å². The zero-order valence-corrected chi connectivity index (χ0v) is 20.4. The second-order valence-corrected chi connectivity index (χ2v) is 9.90. The summed E-state index contributed by atoms with van der Waals surface area (Å²) in [6.07, 6.45) is 6.20. The van der Waals surface area contributed by atoms with Gasteiger partial charge in [-0.2, -0.15) is 0 Å². The van der Waals surface area contributed by atoms with Crippen LogP contribution in [0.15, 0.2) is 42.5 Å². The summed E-state index contributed by atoms with van der Waals surface area (Å²) in [6.45, 7) is 2.04. The Kier molecular flexibility index (Phi) is 6.50. The summed E-state index contributed by atoms with van der Waals surface area (Å²) in [5, 5.41) is 9.70. The molecule has 0 radical (unpaired) electrons. The molecule has 1 fully saturated rings. The highest BCUT2D eigenvalue weighted by molar-refractivity contribution is 5.95. The summed E-state index contributed by atoms with van der Waals surface area (Å²) >= 11 is 0. The molecule has 1 aromatic heterocycles. The molecule has 1 aliphatic carbocycles. The Balaban J connectivity index is 1.60. The molecule has 7 heteroatoms. The number of hydrogen-bond donors (Lipinski definition) is 1. The van der Waals surface area contributed by atoms with Gasteiger partial charge in [0.2, 0.25) is 0 Å². The number of aryl methyl sites for hydroxylation is 3. The lowest BCUT2D eigenvalue weighted by Gasteiger charge is -2.34. The van der Waals surface area contributed by atoms with E-state index in [1.54, 1.807) is 4.90 Å². The van der Waals surface area contributed by atoms with Crippen LogP contribution >= 0.6 is 0 Å². The van der Waals surface area contributed by atoms with Crippen molar-refractivity contribution in [3.8, 4) is 0 Å². The summed E-state index contributed by atoms with van der Waals surface area (Å²) in [4.78, 5) is 31.3. The van der Waals surface area contributed by atoms with Crippen molar-refractivity contribution in [1.29, 1.82) is 0 Å². The van der Waals surface area contributed by atoms with Gasteiger partial charge in [0.25, 0.3) is 0 Å². The molecule has 1 saturated carbocycles. The van der Waals surface area contributed by atoms with Crippen LogP contribution in [0.2, 0.25) is 0 Å². The average molecular weight is 476 g/mol. The summed E-state index contributed by atoms with van der Waals surface area (Å²) in [5.74, 6) is -0.0250. The van der Waals surface area contributed by atoms with Gasteiger partial charge in [-0.05, 0) is 63.1 Å². The number of amides is 1. The molecule has 3 aromatic rings. The van der Waals surface area contributed by atoms with Crippen molar-refractivity contribution >= 4 is 28.8 Å². The monoisotopic (exact) mass is 475 g/mol. The average Bonchev–Trinajstić information content (AvgIpc) is 3.26. The summed E-state index contributed by atoms with van der Waals surface area (Å²) in [6, 6.07) is 14.6. The van der Waals surface area contributed by atoms with Gasteiger partial charge in [0, 0.05) is 24.1 Å². The number of carbonyl (C=O) groups is 2. The third kappa shape index (κ3) is 4.40. The van der Waals surface area contributed by atoms with E-state index >= 15 is 0 Å². The Bertz CT molecular complexity index is 1240. The molecule has 0 saturated heterocycles. The molecule has 2 aliphatic rings. The van der Waals surface area contributed by atoms with E-state index in [9.17, 15) is 14.7 Å². The SMILES string of the molecule is COC(=O)N1c2ccc3c(nc(CCc4ccccc4)n3[C@@H]3CCC[C@H](C(=O)O)C3)c2CC[C@@H]1C. The van der Waals surface area contributed by atoms with Crippen LogP contribution in [0.25, 0.3) is 11.0 Å². The maximum atomic E-state index is 12.6. The third-order valence-electron chi connectivity index (χ3n) is 7.74. The van der Waals surface area contributed by atoms with Crippen LogP contribution in [0, 0.1) is 5.92 Å². The van der Waals surface area contributed by atoms with E-state index < -0.39 is 5.97 Å². The van der Waals surface area contributed by atoms with Crippen LogP contribution in [0.4, 0.5) is 10.5 Å². The molecule has 0 spiro atoms. The van der Waals surface area contributed by atoms with Crippen molar-refractivity contribution in [2.45, 2.75) is 70.4 Å². The first-order valence-electron chi connectivity index (χ1n) is 12.6. The van der Waals surface area contributed by atoms with Crippen LogP contribution in [-0.4, -0.2) is 39.9 Å². The molecule has 1 amide bonds. The highest BCUT2D eigenvalue weighted by atomic mass is 16.5. The Morgan fingerprint density at radius 3 is 2.63 bits per heavy atom. The Hall–Kier alpha value is -3.35. The Morgan fingerprint density at radius 1 is 1.09 bits per heavy atom. The number of carbonyl (C=O) groups excluding carboxylic acids is 1. The van der Waals surface area contributed by atoms with Gasteiger partial charge < -0.3 is 14.4 Å². The molecule has 7 nitrogen and oxygen atoms in total. The lowest BCUT2D eigenvalue weighted by atomic mass is 9.85. The largest absolute Gasteiger partial charge is 0.481 e. The first-order valence-corrected chi connectivity index (χ1v) is 12.6. The van der Waals surface area contributed by atoms with Crippen LogP contribution in [0.5, 0.6) is 0 Å². The third-order valence-corrected chi connectivity index (χ3v) is 7.74. The molecule has 1 aliphatic heterocycles. The van der Waals surface area contributed by atoms with Gasteiger partial charge in [0.15, 0.2) is 0 Å².